The number of benzene rings is 1. The van der Waals surface area contributed by atoms with Crippen LogP contribution in [-0.4, -0.2) is 27.5 Å². The van der Waals surface area contributed by atoms with E-state index in [1.807, 2.05) is 0 Å². The van der Waals surface area contributed by atoms with E-state index >= 15 is 0 Å². The second-order valence-corrected chi connectivity index (χ2v) is 5.12. The molecule has 6 nitrogen and oxygen atoms in total. The zero-order chi connectivity index (χ0) is 12.6. The molecule has 0 unspecified atom stereocenters. The largest absolute Gasteiger partial charge is 0.453 e. The predicted molar refractivity (Wildman–Crippen MR) is 60.7 cm³/mol. The Hall–Kier alpha value is -1.60. The first-order chi connectivity index (χ1) is 7.95. The highest BCUT2D eigenvalue weighted by molar-refractivity contribution is 7.90. The van der Waals surface area contributed by atoms with E-state index in [0.717, 1.165) is 7.11 Å². The molecule has 0 saturated heterocycles. The van der Waals surface area contributed by atoms with E-state index in [0.29, 0.717) is 0 Å². The highest BCUT2D eigenvalue weighted by Gasteiger charge is 2.31. The summed E-state index contributed by atoms with van der Waals surface area (Å²) < 4.78 is 31.1. The van der Waals surface area contributed by atoms with Gasteiger partial charge >= 0.3 is 6.09 Å². The van der Waals surface area contributed by atoms with Crippen LogP contribution in [0.5, 0.6) is 0 Å². The number of amides is 1. The third-order valence-corrected chi connectivity index (χ3v) is 3.74. The van der Waals surface area contributed by atoms with Crippen molar-refractivity contribution in [3.8, 4) is 0 Å². The van der Waals surface area contributed by atoms with E-state index in [-0.39, 0.29) is 21.3 Å². The van der Waals surface area contributed by atoms with Crippen molar-refractivity contribution in [3.05, 3.63) is 28.8 Å². The van der Waals surface area contributed by atoms with Crippen molar-refractivity contribution < 1.29 is 17.9 Å². The molecule has 0 radical (unpaired) electrons. The Balaban J connectivity index is 2.56. The number of fused-ring (bicyclic) bond motifs is 1. The number of nitrogens with one attached hydrogen (secondary N) is 1. The number of carbonyl (C=O) groups excluding carboxylic acids is 1. The standard InChI is InChI=1S/C9H7ClN2O4S/c1-16-9(13)11-8-7-5(10)3-2-4-6(7)17(14,15)12-8/h2-4H,1H3,(H,11,12,13). The fourth-order valence-corrected chi connectivity index (χ4v) is 2.91. The molecule has 17 heavy (non-hydrogen) atoms. The lowest BCUT2D eigenvalue weighted by molar-refractivity contribution is 0.177. The zero-order valence-corrected chi connectivity index (χ0v) is 10.2. The van der Waals surface area contributed by atoms with Gasteiger partial charge in [-0.2, -0.15) is 8.42 Å². The summed E-state index contributed by atoms with van der Waals surface area (Å²) in [5, 5.41) is 2.40. The Labute approximate surface area is 102 Å². The van der Waals surface area contributed by atoms with Crippen molar-refractivity contribution in [2.45, 2.75) is 4.90 Å². The third kappa shape index (κ3) is 1.98. The summed E-state index contributed by atoms with van der Waals surface area (Å²) in [5.74, 6) is -0.127. The molecular weight excluding hydrogens is 268 g/mol. The number of halogens is 1. The van der Waals surface area contributed by atoms with Crippen LogP contribution in [0.3, 0.4) is 0 Å². The Morgan fingerprint density at radius 2 is 2.18 bits per heavy atom. The lowest BCUT2D eigenvalue weighted by atomic mass is 10.2. The number of amidine groups is 1. The monoisotopic (exact) mass is 274 g/mol. The number of methoxy groups -OCH3 is 1. The minimum absolute atomic E-state index is 0.0311. The molecule has 1 aromatic rings. The van der Waals surface area contributed by atoms with E-state index in [1.54, 1.807) is 0 Å². The van der Waals surface area contributed by atoms with Crippen LogP contribution in [0.25, 0.3) is 0 Å². The molecule has 2 rings (SSSR count). The summed E-state index contributed by atoms with van der Waals surface area (Å²) in [7, 11) is -2.64. The van der Waals surface area contributed by atoms with Gasteiger partial charge in [0, 0.05) is 0 Å². The first kappa shape index (κ1) is 11.9. The van der Waals surface area contributed by atoms with Gasteiger partial charge in [0.1, 0.15) is 4.90 Å². The van der Waals surface area contributed by atoms with Gasteiger partial charge in [-0.3, -0.25) is 5.32 Å². The van der Waals surface area contributed by atoms with E-state index in [1.165, 1.54) is 18.2 Å². The molecular formula is C9H7ClN2O4S. The van der Waals surface area contributed by atoms with Crippen molar-refractivity contribution in [2.75, 3.05) is 7.11 Å². The highest BCUT2D eigenvalue weighted by Crippen LogP contribution is 2.30. The van der Waals surface area contributed by atoms with Gasteiger partial charge in [-0.1, -0.05) is 17.7 Å². The molecule has 1 aromatic carbocycles. The Morgan fingerprint density at radius 1 is 1.47 bits per heavy atom. The van der Waals surface area contributed by atoms with Crippen LogP contribution in [-0.2, 0) is 14.8 Å². The van der Waals surface area contributed by atoms with Gasteiger partial charge in [-0.25, -0.2) is 4.79 Å². The van der Waals surface area contributed by atoms with Crippen LogP contribution in [0.15, 0.2) is 27.5 Å². The van der Waals surface area contributed by atoms with Gasteiger partial charge in [0.05, 0.1) is 17.7 Å². The van der Waals surface area contributed by atoms with Crippen LogP contribution >= 0.6 is 11.6 Å². The molecule has 1 amide bonds. The number of nitrogens with zero attached hydrogens (tertiary/aromatic N) is 1. The van der Waals surface area contributed by atoms with Crippen LogP contribution < -0.4 is 5.32 Å². The molecule has 1 N–H and O–H groups in total. The maximum absolute atomic E-state index is 11.6. The summed E-state index contributed by atoms with van der Waals surface area (Å²) in [4.78, 5) is 11.0. The second-order valence-electron chi connectivity index (χ2n) is 3.14. The summed E-state index contributed by atoms with van der Waals surface area (Å²) >= 11 is 5.88. The van der Waals surface area contributed by atoms with Gasteiger partial charge in [0.2, 0.25) is 0 Å². The number of hydrogen-bond donors (Lipinski definition) is 1. The van der Waals surface area contributed by atoms with Gasteiger partial charge in [0.25, 0.3) is 10.0 Å². The van der Waals surface area contributed by atoms with Gasteiger partial charge in [-0.05, 0) is 12.1 Å². The van der Waals surface area contributed by atoms with Gasteiger partial charge in [-0.15, -0.1) is 4.40 Å². The molecule has 0 spiro atoms. The SMILES string of the molecule is COC(=O)NC1=NS(=O)(=O)c2cccc(Cl)c21. The number of hydrogen-bond acceptors (Lipinski definition) is 4. The fraction of sp³-hybridized carbons (Fsp3) is 0.111. The predicted octanol–water partition coefficient (Wildman–Crippen LogP) is 1.14. The molecule has 1 aliphatic rings. The molecule has 0 bridgehead atoms. The summed E-state index contributed by atoms with van der Waals surface area (Å²) in [6.07, 6.45) is -0.813. The first-order valence-corrected chi connectivity index (χ1v) is 6.26. The maximum atomic E-state index is 11.6. The third-order valence-electron chi connectivity index (χ3n) is 2.11. The quantitative estimate of drug-likeness (QED) is 0.769. The Morgan fingerprint density at radius 3 is 2.82 bits per heavy atom. The Kier molecular flexibility index (Phi) is 2.80. The average molecular weight is 275 g/mol. The highest BCUT2D eigenvalue weighted by atomic mass is 35.5. The number of rotatable bonds is 0. The molecule has 90 valence electrons. The number of carbonyl (C=O) groups is 1. The van der Waals surface area contributed by atoms with Gasteiger partial charge < -0.3 is 4.74 Å². The first-order valence-electron chi connectivity index (χ1n) is 4.44. The maximum Gasteiger partial charge on any atom is 0.412 e. The molecule has 8 heteroatoms. The van der Waals surface area contributed by atoms with Crippen molar-refractivity contribution in [1.82, 2.24) is 5.32 Å². The number of alkyl carbamates (subject to hydrolysis) is 1. The second kappa shape index (κ2) is 4.01. The smallest absolute Gasteiger partial charge is 0.412 e. The zero-order valence-electron chi connectivity index (χ0n) is 8.60. The van der Waals surface area contributed by atoms with E-state index < -0.39 is 16.1 Å². The molecule has 0 aromatic heterocycles. The normalized spacial score (nSPS) is 16.0. The molecule has 0 atom stereocenters. The van der Waals surface area contributed by atoms with E-state index in [9.17, 15) is 13.2 Å². The van der Waals surface area contributed by atoms with Crippen molar-refractivity contribution >= 4 is 33.6 Å². The fourth-order valence-electron chi connectivity index (χ4n) is 1.40. The minimum atomic E-state index is -3.80. The van der Waals surface area contributed by atoms with Crippen molar-refractivity contribution in [3.63, 3.8) is 0 Å². The average Bonchev–Trinajstić information content (AvgIpc) is 2.52. The van der Waals surface area contributed by atoms with Crippen LogP contribution in [0, 0.1) is 0 Å². The molecule has 0 saturated carbocycles. The van der Waals surface area contributed by atoms with Crippen LogP contribution in [0.4, 0.5) is 4.79 Å². The van der Waals surface area contributed by atoms with Gasteiger partial charge in [0.15, 0.2) is 5.84 Å². The minimum Gasteiger partial charge on any atom is -0.453 e. The van der Waals surface area contributed by atoms with E-state index in [4.69, 9.17) is 11.6 Å². The summed E-state index contributed by atoms with van der Waals surface area (Å²) in [5.41, 5.74) is 0.180. The summed E-state index contributed by atoms with van der Waals surface area (Å²) in [6.45, 7) is 0. The van der Waals surface area contributed by atoms with E-state index in [2.05, 4.69) is 14.5 Å². The van der Waals surface area contributed by atoms with Crippen molar-refractivity contribution in [1.29, 1.82) is 0 Å². The topological polar surface area (TPSA) is 84.8 Å². The number of ether oxygens (including phenoxy) is 1. The molecule has 1 aliphatic heterocycles. The lowest BCUT2D eigenvalue weighted by Crippen LogP contribution is -2.30. The van der Waals surface area contributed by atoms with Crippen molar-refractivity contribution in [2.24, 2.45) is 4.40 Å². The summed E-state index contributed by atoms with van der Waals surface area (Å²) in [6, 6.07) is 4.37. The Bertz CT molecular complexity index is 624. The van der Waals surface area contributed by atoms with Crippen LogP contribution in [0.2, 0.25) is 5.02 Å². The number of sulfonamides is 1. The van der Waals surface area contributed by atoms with Crippen LogP contribution in [0.1, 0.15) is 5.56 Å². The lowest BCUT2D eigenvalue weighted by Gasteiger charge is -2.04. The molecule has 0 fully saturated rings. The molecule has 1 heterocycles. The molecule has 0 aliphatic carbocycles.